The zero-order valence-corrected chi connectivity index (χ0v) is 13.8. The first-order valence-electron chi connectivity index (χ1n) is 5.70. The van der Waals surface area contributed by atoms with E-state index < -0.39 is 10.0 Å². The van der Waals surface area contributed by atoms with Crippen LogP contribution in [-0.2, 0) is 23.2 Å². The van der Waals surface area contributed by atoms with Crippen LogP contribution in [0.25, 0.3) is 0 Å². The van der Waals surface area contributed by atoms with E-state index in [0.29, 0.717) is 15.7 Å². The average molecular weight is 377 g/mol. The number of halogens is 1. The molecule has 0 aliphatic heterocycles. The Hall–Kier alpha value is -0.800. The highest BCUT2D eigenvalue weighted by Gasteiger charge is 2.20. The number of hydrogen-bond acceptors (Lipinski definition) is 5. The summed E-state index contributed by atoms with van der Waals surface area (Å²) in [6, 6.07) is 3.20. The Kier molecular flexibility index (Phi) is 4.92. The lowest BCUT2D eigenvalue weighted by atomic mass is 10.1. The number of hydrogen-bond donors (Lipinski definition) is 2. The lowest BCUT2D eigenvalue weighted by molar-refractivity contribution is 0.281. The van der Waals surface area contributed by atoms with Crippen LogP contribution in [0.5, 0.6) is 0 Å². The van der Waals surface area contributed by atoms with Gasteiger partial charge in [-0.25, -0.2) is 18.1 Å². The molecule has 0 unspecified atom stereocenters. The molecular formula is C12H13BrN2O3S2. The van der Waals surface area contributed by atoms with Gasteiger partial charge in [-0.2, -0.15) is 0 Å². The molecule has 0 amide bonds. The van der Waals surface area contributed by atoms with Gasteiger partial charge in [-0.05, 0) is 40.0 Å². The van der Waals surface area contributed by atoms with Crippen molar-refractivity contribution in [3.63, 3.8) is 0 Å². The number of aromatic nitrogens is 1. The topological polar surface area (TPSA) is 79.3 Å². The normalized spacial score (nSPS) is 11.8. The van der Waals surface area contributed by atoms with E-state index in [1.165, 1.54) is 17.4 Å². The Morgan fingerprint density at radius 3 is 2.80 bits per heavy atom. The fourth-order valence-electron chi connectivity index (χ4n) is 1.67. The SMILES string of the molecule is Cc1cc(CO)cc(S(=O)(=O)NCc2cscn2)c1Br. The summed E-state index contributed by atoms with van der Waals surface area (Å²) in [4.78, 5) is 4.15. The van der Waals surface area contributed by atoms with Gasteiger partial charge in [0.05, 0.1) is 29.3 Å². The molecule has 108 valence electrons. The molecule has 0 spiro atoms. The Morgan fingerprint density at radius 1 is 1.45 bits per heavy atom. The van der Waals surface area contributed by atoms with Crippen molar-refractivity contribution in [3.8, 4) is 0 Å². The second kappa shape index (κ2) is 6.31. The van der Waals surface area contributed by atoms with Crippen LogP contribution in [0.3, 0.4) is 0 Å². The number of rotatable bonds is 5. The monoisotopic (exact) mass is 376 g/mol. The largest absolute Gasteiger partial charge is 0.392 e. The fraction of sp³-hybridized carbons (Fsp3) is 0.250. The van der Waals surface area contributed by atoms with Gasteiger partial charge in [0.2, 0.25) is 10.0 Å². The van der Waals surface area contributed by atoms with Gasteiger partial charge in [0.1, 0.15) is 0 Å². The highest BCUT2D eigenvalue weighted by molar-refractivity contribution is 9.10. The van der Waals surface area contributed by atoms with Gasteiger partial charge in [-0.3, -0.25) is 0 Å². The molecule has 1 aromatic carbocycles. The van der Waals surface area contributed by atoms with Crippen molar-refractivity contribution < 1.29 is 13.5 Å². The van der Waals surface area contributed by atoms with Gasteiger partial charge < -0.3 is 5.11 Å². The van der Waals surface area contributed by atoms with E-state index in [-0.39, 0.29) is 18.0 Å². The minimum absolute atomic E-state index is 0.122. The number of nitrogens with zero attached hydrogens (tertiary/aromatic N) is 1. The third kappa shape index (κ3) is 3.44. The molecule has 0 saturated heterocycles. The summed E-state index contributed by atoms with van der Waals surface area (Å²) >= 11 is 4.69. The minimum atomic E-state index is -3.67. The first-order chi connectivity index (χ1) is 9.44. The summed E-state index contributed by atoms with van der Waals surface area (Å²) in [6.07, 6.45) is 0. The fourth-order valence-corrected chi connectivity index (χ4v) is 4.29. The molecule has 0 aliphatic carbocycles. The van der Waals surface area contributed by atoms with E-state index in [2.05, 4.69) is 25.6 Å². The van der Waals surface area contributed by atoms with Crippen LogP contribution in [0, 0.1) is 6.92 Å². The predicted molar refractivity (Wildman–Crippen MR) is 80.9 cm³/mol. The van der Waals surface area contributed by atoms with Crippen molar-refractivity contribution in [1.29, 1.82) is 0 Å². The molecule has 0 fully saturated rings. The smallest absolute Gasteiger partial charge is 0.242 e. The molecule has 0 bridgehead atoms. The molecule has 5 nitrogen and oxygen atoms in total. The van der Waals surface area contributed by atoms with Crippen molar-refractivity contribution in [3.05, 3.63) is 44.3 Å². The summed E-state index contributed by atoms with van der Waals surface area (Å²) in [6.45, 7) is 1.71. The Bertz CT molecular complexity index is 700. The maximum Gasteiger partial charge on any atom is 0.242 e. The van der Waals surface area contributed by atoms with Crippen LogP contribution in [0.15, 0.2) is 32.4 Å². The molecule has 8 heteroatoms. The standard InChI is InChI=1S/C12H13BrN2O3S2/c1-8-2-9(5-16)3-11(12(8)13)20(17,18)15-4-10-6-19-7-14-10/h2-3,6-7,15-16H,4-5H2,1H3. The van der Waals surface area contributed by atoms with E-state index in [0.717, 1.165) is 5.56 Å². The van der Waals surface area contributed by atoms with Gasteiger partial charge in [0.25, 0.3) is 0 Å². The maximum absolute atomic E-state index is 12.3. The number of benzene rings is 1. The van der Waals surface area contributed by atoms with Crippen LogP contribution in [0.2, 0.25) is 0 Å². The number of aliphatic hydroxyl groups excluding tert-OH is 1. The average Bonchev–Trinajstić information content (AvgIpc) is 2.92. The first-order valence-corrected chi connectivity index (χ1v) is 8.92. The molecule has 2 N–H and O–H groups in total. The van der Waals surface area contributed by atoms with Gasteiger partial charge >= 0.3 is 0 Å². The van der Waals surface area contributed by atoms with Crippen molar-refractivity contribution >= 4 is 37.3 Å². The molecule has 0 aliphatic rings. The molecule has 0 radical (unpaired) electrons. The highest BCUT2D eigenvalue weighted by Crippen LogP contribution is 2.27. The van der Waals surface area contributed by atoms with Crippen LogP contribution in [0.1, 0.15) is 16.8 Å². The molecule has 0 atom stereocenters. The zero-order chi connectivity index (χ0) is 14.8. The van der Waals surface area contributed by atoms with Crippen LogP contribution >= 0.6 is 27.3 Å². The highest BCUT2D eigenvalue weighted by atomic mass is 79.9. The van der Waals surface area contributed by atoms with E-state index in [1.807, 2.05) is 0 Å². The van der Waals surface area contributed by atoms with E-state index >= 15 is 0 Å². The van der Waals surface area contributed by atoms with Crippen LogP contribution in [0.4, 0.5) is 0 Å². The van der Waals surface area contributed by atoms with Gasteiger partial charge in [0.15, 0.2) is 0 Å². The molecular weight excluding hydrogens is 364 g/mol. The lowest BCUT2D eigenvalue weighted by Gasteiger charge is -2.11. The Labute approximate surface area is 129 Å². The van der Waals surface area contributed by atoms with Crippen molar-refractivity contribution in [2.24, 2.45) is 0 Å². The maximum atomic E-state index is 12.3. The van der Waals surface area contributed by atoms with Gasteiger partial charge in [-0.1, -0.05) is 6.07 Å². The first kappa shape index (κ1) is 15.6. The number of aliphatic hydroxyl groups is 1. The molecule has 2 aromatic rings. The number of thiazole rings is 1. The van der Waals surface area contributed by atoms with E-state index in [9.17, 15) is 13.5 Å². The van der Waals surface area contributed by atoms with Crippen LogP contribution in [-0.4, -0.2) is 18.5 Å². The summed E-state index contributed by atoms with van der Waals surface area (Å²) < 4.78 is 27.6. The predicted octanol–water partition coefficient (Wildman–Crippen LogP) is 2.18. The van der Waals surface area contributed by atoms with Gasteiger partial charge in [0, 0.05) is 9.85 Å². The molecule has 1 aromatic heterocycles. The molecule has 2 rings (SSSR count). The summed E-state index contributed by atoms with van der Waals surface area (Å²) in [7, 11) is -3.67. The Morgan fingerprint density at radius 2 is 2.20 bits per heavy atom. The van der Waals surface area contributed by atoms with Crippen molar-refractivity contribution in [2.75, 3.05) is 0 Å². The van der Waals surface area contributed by atoms with Crippen molar-refractivity contribution in [1.82, 2.24) is 9.71 Å². The quantitative estimate of drug-likeness (QED) is 0.837. The van der Waals surface area contributed by atoms with E-state index in [1.54, 1.807) is 23.9 Å². The minimum Gasteiger partial charge on any atom is -0.392 e. The summed E-state index contributed by atoms with van der Waals surface area (Å²) in [5, 5.41) is 11.0. The zero-order valence-electron chi connectivity index (χ0n) is 10.6. The van der Waals surface area contributed by atoms with E-state index in [4.69, 9.17) is 0 Å². The third-order valence-electron chi connectivity index (χ3n) is 2.68. The summed E-state index contributed by atoms with van der Waals surface area (Å²) in [5.41, 5.74) is 3.63. The number of sulfonamides is 1. The molecule has 1 heterocycles. The molecule has 20 heavy (non-hydrogen) atoms. The third-order valence-corrected chi connectivity index (χ3v) is 6.06. The second-order valence-corrected chi connectivity index (χ2v) is 7.43. The van der Waals surface area contributed by atoms with Gasteiger partial charge in [-0.15, -0.1) is 11.3 Å². The molecule has 0 saturated carbocycles. The number of aryl methyl sites for hydroxylation is 1. The summed E-state index contributed by atoms with van der Waals surface area (Å²) in [5.74, 6) is 0. The second-order valence-electron chi connectivity index (χ2n) is 4.19. The Balaban J connectivity index is 2.31. The number of nitrogens with one attached hydrogen (secondary N) is 1. The lowest BCUT2D eigenvalue weighted by Crippen LogP contribution is -2.24. The van der Waals surface area contributed by atoms with Crippen LogP contribution < -0.4 is 4.72 Å². The van der Waals surface area contributed by atoms with Crippen molar-refractivity contribution in [2.45, 2.75) is 25.0 Å².